The molecule has 0 spiro atoms. The summed E-state index contributed by atoms with van der Waals surface area (Å²) in [7, 11) is 0. The van der Waals surface area contributed by atoms with Crippen LogP contribution in [-0.2, 0) is 42.9 Å². The fourth-order valence-electron chi connectivity index (χ4n) is 13.0. The molecule has 0 fully saturated rings. The minimum Gasteiger partial charge on any atom is -0.310 e. The van der Waals surface area contributed by atoms with E-state index in [0.29, 0.717) is 0 Å². The SMILES string of the molecule is CC(C)(C)c1c[c-]c(-c2cc(-n3c4ccc(-c5ccccc5)cc4c4cc(-c5ccc(C(C)(C)C)cc5)ccc43)ccn2)cc1.Cc1cc(-n2c3ccc(-c4ccccc4)cc3c3cc(-c4ccccc4)ccc32)cc2[n+]1Cc1cc(C(C)(C)C)ccc1-2.[Ir]. The van der Waals surface area contributed by atoms with Crippen molar-refractivity contribution in [1.29, 1.82) is 0 Å². The zero-order valence-corrected chi connectivity index (χ0v) is 55.0. The molecule has 1 radical (unpaired) electrons. The maximum atomic E-state index is 4.76. The van der Waals surface area contributed by atoms with Gasteiger partial charge in [-0.1, -0.05) is 214 Å². The van der Waals surface area contributed by atoms with Crippen LogP contribution in [0.3, 0.4) is 0 Å². The van der Waals surface area contributed by atoms with E-state index in [4.69, 9.17) is 4.98 Å². The summed E-state index contributed by atoms with van der Waals surface area (Å²) in [6.07, 6.45) is 1.91. The molecule has 1 aliphatic rings. The first-order valence-corrected chi connectivity index (χ1v) is 31.0. The number of nitrogens with zero attached hydrogens (tertiary/aromatic N) is 4. The Bertz CT molecular complexity index is 4860. The van der Waals surface area contributed by atoms with Crippen LogP contribution in [0.2, 0.25) is 0 Å². The summed E-state index contributed by atoms with van der Waals surface area (Å²) in [5, 5.41) is 5.02. The summed E-state index contributed by atoms with van der Waals surface area (Å²) in [5.74, 6) is 0. The molecule has 5 heterocycles. The Labute approximate surface area is 538 Å². The van der Waals surface area contributed by atoms with E-state index in [1.807, 2.05) is 6.20 Å². The van der Waals surface area contributed by atoms with Crippen LogP contribution in [0.4, 0.5) is 0 Å². The molecule has 0 unspecified atom stereocenters. The van der Waals surface area contributed by atoms with Crippen LogP contribution >= 0.6 is 0 Å². The zero-order chi connectivity index (χ0) is 60.6. The van der Waals surface area contributed by atoms with Crippen LogP contribution in [-0.4, -0.2) is 14.1 Å². The summed E-state index contributed by atoms with van der Waals surface area (Å²) in [4.78, 5) is 4.76. The summed E-state index contributed by atoms with van der Waals surface area (Å²) >= 11 is 0. The van der Waals surface area contributed by atoms with Crippen LogP contribution in [0.5, 0.6) is 0 Å². The molecule has 0 aliphatic carbocycles. The average molecular weight is 1330 g/mol. The molecule has 4 aromatic heterocycles. The summed E-state index contributed by atoms with van der Waals surface area (Å²) < 4.78 is 7.31. The fourth-order valence-corrected chi connectivity index (χ4v) is 13.0. The number of benzene rings is 10. The minimum atomic E-state index is 0. The van der Waals surface area contributed by atoms with E-state index in [1.54, 1.807) is 0 Å². The van der Waals surface area contributed by atoms with Gasteiger partial charge in [-0.2, -0.15) is 4.57 Å². The van der Waals surface area contributed by atoms with Crippen molar-refractivity contribution in [3.8, 4) is 78.4 Å². The van der Waals surface area contributed by atoms with Crippen LogP contribution in [0.25, 0.3) is 122 Å². The minimum absolute atomic E-state index is 0. The Hall–Kier alpha value is -9.25. The van der Waals surface area contributed by atoms with Gasteiger partial charge < -0.3 is 14.1 Å². The van der Waals surface area contributed by atoms with E-state index < -0.39 is 0 Å². The second-order valence-corrected chi connectivity index (χ2v) is 27.1. The van der Waals surface area contributed by atoms with Gasteiger partial charge in [0.1, 0.15) is 0 Å². The topological polar surface area (TPSA) is 26.6 Å². The van der Waals surface area contributed by atoms with E-state index in [1.165, 1.54) is 133 Å². The molecule has 14 aromatic rings. The maximum Gasteiger partial charge on any atom is 0.215 e. The molecule has 0 N–H and O–H groups in total. The van der Waals surface area contributed by atoms with Gasteiger partial charge in [0.25, 0.3) is 0 Å². The predicted molar refractivity (Wildman–Crippen MR) is 371 cm³/mol. The Morgan fingerprint density at radius 1 is 0.382 bits per heavy atom. The van der Waals surface area contributed by atoms with Gasteiger partial charge in [-0.3, -0.25) is 0 Å². The fraction of sp³-hybridized carbons (Fsp3) is 0.167. The van der Waals surface area contributed by atoms with Gasteiger partial charge in [0.05, 0.1) is 33.3 Å². The van der Waals surface area contributed by atoms with Crippen LogP contribution < -0.4 is 4.57 Å². The molecule has 439 valence electrons. The van der Waals surface area contributed by atoms with E-state index >= 15 is 0 Å². The first-order valence-electron chi connectivity index (χ1n) is 31.0. The molecule has 0 amide bonds. The van der Waals surface area contributed by atoms with Crippen molar-refractivity contribution in [2.45, 2.75) is 92.0 Å². The Balaban J connectivity index is 0.000000162. The molecule has 0 atom stereocenters. The van der Waals surface area contributed by atoms with Gasteiger partial charge in [0.2, 0.25) is 5.69 Å². The van der Waals surface area contributed by atoms with Crippen molar-refractivity contribution in [1.82, 2.24) is 14.1 Å². The number of fused-ring (bicyclic) bond motifs is 9. The Kier molecular flexibility index (Phi) is 15.2. The molecule has 0 bridgehead atoms. The number of aromatic nitrogens is 4. The third kappa shape index (κ3) is 11.2. The first-order chi connectivity index (χ1) is 42.4. The Morgan fingerprint density at radius 3 is 1.24 bits per heavy atom. The predicted octanol–water partition coefficient (Wildman–Crippen LogP) is 21.6. The van der Waals surface area contributed by atoms with Crippen molar-refractivity contribution in [3.05, 3.63) is 289 Å². The van der Waals surface area contributed by atoms with Gasteiger partial charge in [-0.25, -0.2) is 0 Å². The number of hydrogen-bond donors (Lipinski definition) is 0. The molecule has 1 aliphatic heterocycles. The second-order valence-electron chi connectivity index (χ2n) is 27.1. The average Bonchev–Trinajstić information content (AvgIpc) is 1.65. The molecule has 4 nitrogen and oxygen atoms in total. The summed E-state index contributed by atoms with van der Waals surface area (Å²) in [5.41, 5.74) is 28.5. The number of aryl methyl sites for hydroxylation is 1. The Morgan fingerprint density at radius 2 is 0.798 bits per heavy atom. The quantitative estimate of drug-likeness (QED) is 0.115. The molecule has 10 aromatic carbocycles. The van der Waals surface area contributed by atoms with E-state index in [0.717, 1.165) is 23.5 Å². The zero-order valence-electron chi connectivity index (χ0n) is 52.6. The second kappa shape index (κ2) is 23.0. The molecule has 0 saturated carbocycles. The van der Waals surface area contributed by atoms with Crippen molar-refractivity contribution >= 4 is 43.6 Å². The molecule has 15 rings (SSSR count). The monoisotopic (exact) mass is 1330 g/mol. The molecule has 89 heavy (non-hydrogen) atoms. The largest absolute Gasteiger partial charge is 0.310 e. The standard InChI is InChI=1S/C43H39N2.C41H35N2.Ir/c1-42(2,3)34-18-12-30(13-19-34)33-17-23-41-38(27-33)37-26-32(29-10-8-7-9-11-29)16-22-40(37)45(41)36-24-25-44-39(28-36)31-14-20-35(21-15-31)43(4,5)6;1-27-21-34(25-40-35-18-17-33(41(2,3)4)22-32(35)26-42(27)40)43-38-19-15-30(28-11-7-5-8-12-28)23-36(38)37-24-31(16-20-39(37)43)29-13-9-6-10-14-29;/h7-14,16-28H,1-6H3;5-25H,26H2,1-4H3;/q-1;+1;. The summed E-state index contributed by atoms with van der Waals surface area (Å²) in [6.45, 7) is 23.5. The third-order valence-electron chi connectivity index (χ3n) is 18.1. The molecular weight excluding hydrogens is 1260 g/mol. The number of hydrogen-bond acceptors (Lipinski definition) is 1. The molecule has 5 heteroatoms. The van der Waals surface area contributed by atoms with E-state index in [9.17, 15) is 0 Å². The first kappa shape index (κ1) is 58.8. The number of pyridine rings is 2. The maximum absolute atomic E-state index is 4.76. The third-order valence-corrected chi connectivity index (χ3v) is 18.1. The number of rotatable bonds is 7. The van der Waals surface area contributed by atoms with Gasteiger partial charge in [-0.05, 0) is 144 Å². The van der Waals surface area contributed by atoms with Crippen LogP contribution in [0, 0.1) is 13.0 Å². The van der Waals surface area contributed by atoms with Gasteiger partial charge in [-0.15, -0.1) is 35.4 Å². The van der Waals surface area contributed by atoms with E-state index in [-0.39, 0.29) is 36.4 Å². The van der Waals surface area contributed by atoms with Crippen molar-refractivity contribution < 1.29 is 24.7 Å². The molecular formula is C84H74IrN4. The summed E-state index contributed by atoms with van der Waals surface area (Å²) in [6, 6.07) is 94.7. The van der Waals surface area contributed by atoms with E-state index in [2.05, 4.69) is 338 Å². The van der Waals surface area contributed by atoms with Crippen LogP contribution in [0.1, 0.15) is 90.3 Å². The smallest absolute Gasteiger partial charge is 0.215 e. The van der Waals surface area contributed by atoms with Crippen molar-refractivity contribution in [2.75, 3.05) is 0 Å². The van der Waals surface area contributed by atoms with Crippen molar-refractivity contribution in [2.24, 2.45) is 0 Å². The van der Waals surface area contributed by atoms with Crippen molar-refractivity contribution in [3.63, 3.8) is 0 Å². The van der Waals surface area contributed by atoms with Gasteiger partial charge >= 0.3 is 0 Å². The van der Waals surface area contributed by atoms with Gasteiger partial charge in [0.15, 0.2) is 12.2 Å². The molecule has 0 saturated heterocycles. The normalized spacial score (nSPS) is 12.2. The van der Waals surface area contributed by atoms with Gasteiger partial charge in [0, 0.05) is 78.2 Å². The van der Waals surface area contributed by atoms with Crippen LogP contribution in [0.15, 0.2) is 255 Å².